The highest BCUT2D eigenvalue weighted by Gasteiger charge is 2.51. The van der Waals surface area contributed by atoms with Gasteiger partial charge in [-0.2, -0.15) is 0 Å². The van der Waals surface area contributed by atoms with Crippen LogP contribution in [0.5, 0.6) is 0 Å². The second-order valence-corrected chi connectivity index (χ2v) is 8.32. The molecule has 3 heteroatoms. The van der Waals surface area contributed by atoms with Crippen LogP contribution >= 0.6 is 0 Å². The summed E-state index contributed by atoms with van der Waals surface area (Å²) in [6, 6.07) is 7.59. The second-order valence-electron chi connectivity index (χ2n) is 8.32. The molecule has 0 aliphatic heterocycles. The van der Waals surface area contributed by atoms with Crippen LogP contribution in [0, 0.1) is 23.2 Å². The number of esters is 1. The molecule has 0 heterocycles. The maximum Gasteiger partial charge on any atom is 0.338 e. The van der Waals surface area contributed by atoms with Gasteiger partial charge in [-0.15, -0.1) is 0 Å². The van der Waals surface area contributed by atoms with Gasteiger partial charge in [0.1, 0.15) is 0 Å². The molecule has 3 nitrogen and oxygen atoms in total. The lowest BCUT2D eigenvalue weighted by Crippen LogP contribution is -2.41. The normalized spacial score (nSPS) is 32.4. The summed E-state index contributed by atoms with van der Waals surface area (Å²) < 4.78 is 5.03. The van der Waals surface area contributed by atoms with E-state index in [-0.39, 0.29) is 17.5 Å². The molecule has 0 unspecified atom stereocenters. The van der Waals surface area contributed by atoms with E-state index in [1.165, 1.54) is 12.8 Å². The Labute approximate surface area is 157 Å². The van der Waals surface area contributed by atoms with Crippen molar-refractivity contribution in [3.63, 3.8) is 0 Å². The molecular formula is C23H32O3. The molecule has 0 spiro atoms. The van der Waals surface area contributed by atoms with Gasteiger partial charge in [0, 0.05) is 0 Å². The zero-order valence-corrected chi connectivity index (χ0v) is 16.3. The fourth-order valence-corrected chi connectivity index (χ4v) is 5.39. The van der Waals surface area contributed by atoms with Gasteiger partial charge >= 0.3 is 5.97 Å². The van der Waals surface area contributed by atoms with Crippen molar-refractivity contribution in [2.75, 3.05) is 6.61 Å². The minimum atomic E-state index is -0.267. The fraction of sp³-hybridized carbons (Fsp3) is 0.609. The van der Waals surface area contributed by atoms with E-state index >= 15 is 0 Å². The average Bonchev–Trinajstić information content (AvgIpc) is 2.99. The number of carbonyl (C=O) groups excluding carboxylic acids is 1. The molecule has 0 bridgehead atoms. The van der Waals surface area contributed by atoms with Gasteiger partial charge in [-0.1, -0.05) is 44.6 Å². The van der Waals surface area contributed by atoms with E-state index in [1.807, 2.05) is 31.2 Å². The van der Waals surface area contributed by atoms with E-state index in [2.05, 4.69) is 26.0 Å². The summed E-state index contributed by atoms with van der Waals surface area (Å²) in [4.78, 5) is 11.7. The second kappa shape index (κ2) is 7.96. The standard InChI is InChI=1S/C23H32O3/c1-4-26-22(25)18-11-9-17(10-12-18)8-7-16(2)19-13-14-20-21(24)6-5-15-23(19,20)3/h7-12,16,19-21,24H,4-6,13-15H2,1-3H3/b8-7+/t16-,19-,20+,21+,23-/m1/s1. The van der Waals surface area contributed by atoms with Gasteiger partial charge in [-0.25, -0.2) is 4.79 Å². The van der Waals surface area contributed by atoms with Crippen LogP contribution in [-0.2, 0) is 4.74 Å². The highest BCUT2D eigenvalue weighted by Crippen LogP contribution is 2.57. The molecule has 142 valence electrons. The number of aliphatic hydroxyl groups excluding tert-OH is 1. The lowest BCUT2D eigenvalue weighted by molar-refractivity contribution is -0.0230. The Morgan fingerprint density at radius 1 is 1.31 bits per heavy atom. The molecule has 2 fully saturated rings. The van der Waals surface area contributed by atoms with Crippen molar-refractivity contribution in [2.24, 2.45) is 23.2 Å². The summed E-state index contributed by atoms with van der Waals surface area (Å²) in [7, 11) is 0. The van der Waals surface area contributed by atoms with Gasteiger partial charge in [-0.3, -0.25) is 0 Å². The monoisotopic (exact) mass is 356 g/mol. The highest BCUT2D eigenvalue weighted by molar-refractivity contribution is 5.89. The predicted octanol–water partition coefficient (Wildman–Crippen LogP) is 5.09. The van der Waals surface area contributed by atoms with Crippen molar-refractivity contribution in [1.82, 2.24) is 0 Å². The first-order valence-corrected chi connectivity index (χ1v) is 10.1. The first kappa shape index (κ1) is 19.2. The molecule has 5 atom stereocenters. The summed E-state index contributed by atoms with van der Waals surface area (Å²) in [5, 5.41) is 10.4. The fourth-order valence-electron chi connectivity index (χ4n) is 5.39. The van der Waals surface area contributed by atoms with Crippen molar-refractivity contribution in [3.05, 3.63) is 41.5 Å². The third-order valence-electron chi connectivity index (χ3n) is 6.81. The number of ether oxygens (including phenoxy) is 1. The molecule has 26 heavy (non-hydrogen) atoms. The van der Waals surface area contributed by atoms with Crippen LogP contribution in [-0.4, -0.2) is 23.8 Å². The van der Waals surface area contributed by atoms with Crippen molar-refractivity contribution < 1.29 is 14.6 Å². The highest BCUT2D eigenvalue weighted by atomic mass is 16.5. The number of hydrogen-bond donors (Lipinski definition) is 1. The minimum Gasteiger partial charge on any atom is -0.462 e. The van der Waals surface area contributed by atoms with Gasteiger partial charge in [0.25, 0.3) is 0 Å². The molecule has 1 aromatic rings. The molecule has 0 aromatic heterocycles. The van der Waals surface area contributed by atoms with E-state index in [0.29, 0.717) is 29.9 Å². The number of allylic oxidation sites excluding steroid dienone is 1. The Morgan fingerprint density at radius 2 is 2.04 bits per heavy atom. The minimum absolute atomic E-state index is 0.106. The Hall–Kier alpha value is -1.61. The van der Waals surface area contributed by atoms with Crippen molar-refractivity contribution in [3.8, 4) is 0 Å². The van der Waals surface area contributed by atoms with Crippen molar-refractivity contribution in [1.29, 1.82) is 0 Å². The number of aliphatic hydroxyl groups is 1. The summed E-state index contributed by atoms with van der Waals surface area (Å²) in [5.41, 5.74) is 1.97. The maximum atomic E-state index is 11.7. The summed E-state index contributed by atoms with van der Waals surface area (Å²) >= 11 is 0. The van der Waals surface area contributed by atoms with Gasteiger partial charge in [0.05, 0.1) is 18.3 Å². The Kier molecular flexibility index (Phi) is 5.86. The van der Waals surface area contributed by atoms with E-state index in [1.54, 1.807) is 0 Å². The lowest BCUT2D eigenvalue weighted by atomic mass is 9.62. The zero-order chi connectivity index (χ0) is 18.7. The van der Waals surface area contributed by atoms with Crippen LogP contribution in [0.1, 0.15) is 68.8 Å². The number of rotatable bonds is 5. The van der Waals surface area contributed by atoms with Crippen LogP contribution in [0.3, 0.4) is 0 Å². The molecule has 1 N–H and O–H groups in total. The maximum absolute atomic E-state index is 11.7. The third kappa shape index (κ3) is 3.73. The molecule has 3 rings (SSSR count). The Bertz CT molecular complexity index is 648. The Balaban J connectivity index is 1.66. The molecule has 2 aliphatic rings. The smallest absolute Gasteiger partial charge is 0.338 e. The Morgan fingerprint density at radius 3 is 2.73 bits per heavy atom. The van der Waals surface area contributed by atoms with Crippen molar-refractivity contribution >= 4 is 12.0 Å². The summed E-state index contributed by atoms with van der Waals surface area (Å²) in [6.07, 6.45) is 10.1. The molecular weight excluding hydrogens is 324 g/mol. The largest absolute Gasteiger partial charge is 0.462 e. The van der Waals surface area contributed by atoms with Gasteiger partial charge in [-0.05, 0) is 73.5 Å². The first-order chi connectivity index (χ1) is 12.5. The van der Waals surface area contributed by atoms with E-state index in [0.717, 1.165) is 24.8 Å². The van der Waals surface area contributed by atoms with Gasteiger partial charge < -0.3 is 9.84 Å². The third-order valence-corrected chi connectivity index (χ3v) is 6.81. The first-order valence-electron chi connectivity index (χ1n) is 10.1. The van der Waals surface area contributed by atoms with E-state index in [4.69, 9.17) is 4.74 Å². The molecule has 0 saturated heterocycles. The average molecular weight is 357 g/mol. The number of benzene rings is 1. The van der Waals surface area contributed by atoms with Crippen LogP contribution in [0.2, 0.25) is 0 Å². The predicted molar refractivity (Wildman–Crippen MR) is 105 cm³/mol. The molecule has 0 radical (unpaired) electrons. The summed E-state index contributed by atoms with van der Waals surface area (Å²) in [6.45, 7) is 6.92. The van der Waals surface area contributed by atoms with E-state index < -0.39 is 0 Å². The molecule has 0 amide bonds. The number of fused-ring (bicyclic) bond motifs is 1. The molecule has 1 aromatic carbocycles. The number of carbonyl (C=O) groups is 1. The summed E-state index contributed by atoms with van der Waals surface area (Å²) in [5.74, 6) is 1.33. The van der Waals surface area contributed by atoms with Crippen molar-refractivity contribution in [2.45, 2.75) is 59.0 Å². The van der Waals surface area contributed by atoms with Crippen LogP contribution in [0.15, 0.2) is 30.3 Å². The van der Waals surface area contributed by atoms with Gasteiger partial charge in [0.15, 0.2) is 0 Å². The van der Waals surface area contributed by atoms with Crippen LogP contribution < -0.4 is 0 Å². The molecule has 2 aliphatic carbocycles. The zero-order valence-electron chi connectivity index (χ0n) is 16.3. The lowest BCUT2D eigenvalue weighted by Gasteiger charge is -2.44. The van der Waals surface area contributed by atoms with Crippen LogP contribution in [0.25, 0.3) is 6.08 Å². The van der Waals surface area contributed by atoms with E-state index in [9.17, 15) is 9.90 Å². The SMILES string of the molecule is CCOC(=O)c1ccc(/C=C/[C@@H](C)[C@H]2CC[C@H]3[C@@H](O)CCC[C@]23C)cc1. The van der Waals surface area contributed by atoms with Gasteiger partial charge in [0.2, 0.25) is 0 Å². The topological polar surface area (TPSA) is 46.5 Å². The molecule has 2 saturated carbocycles. The van der Waals surface area contributed by atoms with Crippen LogP contribution in [0.4, 0.5) is 0 Å². The number of hydrogen-bond acceptors (Lipinski definition) is 3. The quantitative estimate of drug-likeness (QED) is 0.748.